The molecule has 0 atom stereocenters. The summed E-state index contributed by atoms with van der Waals surface area (Å²) in [5.74, 6) is 2.13. The van der Waals surface area contributed by atoms with Crippen molar-refractivity contribution in [3.8, 4) is 11.5 Å². The van der Waals surface area contributed by atoms with Crippen molar-refractivity contribution in [1.29, 1.82) is 0 Å². The van der Waals surface area contributed by atoms with Crippen molar-refractivity contribution in [2.24, 2.45) is 5.92 Å². The van der Waals surface area contributed by atoms with Crippen LogP contribution in [0.5, 0.6) is 11.5 Å². The Hall–Kier alpha value is -2.79. The van der Waals surface area contributed by atoms with E-state index in [2.05, 4.69) is 65.4 Å². The second-order valence-electron chi connectivity index (χ2n) is 8.76. The van der Waals surface area contributed by atoms with E-state index in [4.69, 9.17) is 9.47 Å². The van der Waals surface area contributed by atoms with Crippen LogP contribution in [0.4, 0.5) is 5.69 Å². The molecule has 0 radical (unpaired) electrons. The van der Waals surface area contributed by atoms with E-state index in [1.807, 2.05) is 18.3 Å². The lowest BCUT2D eigenvalue weighted by Gasteiger charge is -2.33. The van der Waals surface area contributed by atoms with Gasteiger partial charge in [0, 0.05) is 42.9 Å². The number of anilines is 1. The topological polar surface area (TPSA) is 46.6 Å². The summed E-state index contributed by atoms with van der Waals surface area (Å²) < 4.78 is 11.5. The van der Waals surface area contributed by atoms with Gasteiger partial charge in [-0.25, -0.2) is 0 Å². The zero-order chi connectivity index (χ0) is 21.6. The molecule has 1 aliphatic rings. The van der Waals surface area contributed by atoms with E-state index in [9.17, 15) is 0 Å². The van der Waals surface area contributed by atoms with E-state index in [0.29, 0.717) is 18.6 Å². The van der Waals surface area contributed by atoms with E-state index in [0.717, 1.165) is 49.5 Å². The SMILES string of the molecule is COc1ccc(CN2CCC(Nc3ccnc4ccccc34)CC2)cc1OCC(C)C. The average molecular weight is 420 g/mol. The summed E-state index contributed by atoms with van der Waals surface area (Å²) in [5.41, 5.74) is 3.50. The lowest BCUT2D eigenvalue weighted by molar-refractivity contribution is 0.210. The fraction of sp³-hybridized carbons (Fsp3) is 0.423. The molecule has 1 fully saturated rings. The molecule has 0 spiro atoms. The van der Waals surface area contributed by atoms with Gasteiger partial charge in [0.15, 0.2) is 11.5 Å². The van der Waals surface area contributed by atoms with Crippen LogP contribution < -0.4 is 14.8 Å². The van der Waals surface area contributed by atoms with Crippen molar-refractivity contribution in [3.63, 3.8) is 0 Å². The monoisotopic (exact) mass is 419 g/mol. The van der Waals surface area contributed by atoms with Gasteiger partial charge in [-0.2, -0.15) is 0 Å². The molecule has 3 aromatic rings. The Morgan fingerprint density at radius 3 is 2.65 bits per heavy atom. The minimum absolute atomic E-state index is 0.484. The number of fused-ring (bicyclic) bond motifs is 1. The fourth-order valence-corrected chi connectivity index (χ4v) is 4.12. The average Bonchev–Trinajstić information content (AvgIpc) is 2.79. The number of likely N-dealkylation sites (tertiary alicyclic amines) is 1. The Kier molecular flexibility index (Phi) is 6.92. The maximum absolute atomic E-state index is 5.98. The fourth-order valence-electron chi connectivity index (χ4n) is 4.12. The van der Waals surface area contributed by atoms with Crippen LogP contribution in [0.25, 0.3) is 10.9 Å². The van der Waals surface area contributed by atoms with Crippen LogP contribution in [0.2, 0.25) is 0 Å². The first kappa shape index (κ1) is 21.4. The van der Waals surface area contributed by atoms with E-state index < -0.39 is 0 Å². The highest BCUT2D eigenvalue weighted by atomic mass is 16.5. The molecule has 0 amide bonds. The summed E-state index contributed by atoms with van der Waals surface area (Å²) >= 11 is 0. The number of pyridine rings is 1. The van der Waals surface area contributed by atoms with Crippen LogP contribution in [0.15, 0.2) is 54.7 Å². The molecular formula is C26H33N3O2. The van der Waals surface area contributed by atoms with Crippen molar-refractivity contribution < 1.29 is 9.47 Å². The molecule has 4 rings (SSSR count). The first-order valence-electron chi connectivity index (χ1n) is 11.2. The van der Waals surface area contributed by atoms with Crippen molar-refractivity contribution >= 4 is 16.6 Å². The molecule has 0 saturated carbocycles. The molecule has 1 aliphatic heterocycles. The number of hydrogen-bond acceptors (Lipinski definition) is 5. The van der Waals surface area contributed by atoms with Gasteiger partial charge in [-0.05, 0) is 48.6 Å². The first-order valence-corrected chi connectivity index (χ1v) is 11.2. The van der Waals surface area contributed by atoms with E-state index in [-0.39, 0.29) is 0 Å². The Labute approximate surface area is 185 Å². The van der Waals surface area contributed by atoms with E-state index in [1.54, 1.807) is 7.11 Å². The Morgan fingerprint density at radius 1 is 1.06 bits per heavy atom. The normalized spacial score (nSPS) is 15.4. The van der Waals surface area contributed by atoms with Crippen LogP contribution in [-0.2, 0) is 6.54 Å². The zero-order valence-electron chi connectivity index (χ0n) is 18.8. The van der Waals surface area contributed by atoms with Crippen LogP contribution in [-0.4, -0.2) is 42.7 Å². The second-order valence-corrected chi connectivity index (χ2v) is 8.76. The lowest BCUT2D eigenvalue weighted by Crippen LogP contribution is -2.38. The quantitative estimate of drug-likeness (QED) is 0.533. The molecule has 31 heavy (non-hydrogen) atoms. The highest BCUT2D eigenvalue weighted by Crippen LogP contribution is 2.30. The summed E-state index contributed by atoms with van der Waals surface area (Å²) in [6.07, 6.45) is 4.15. The predicted molar refractivity (Wildman–Crippen MR) is 127 cm³/mol. The molecule has 5 heteroatoms. The van der Waals surface area contributed by atoms with Crippen LogP contribution in [0.3, 0.4) is 0 Å². The third-order valence-electron chi connectivity index (χ3n) is 5.80. The van der Waals surface area contributed by atoms with Gasteiger partial charge < -0.3 is 14.8 Å². The summed E-state index contributed by atoms with van der Waals surface area (Å²) in [5, 5.41) is 4.95. The zero-order valence-corrected chi connectivity index (χ0v) is 18.8. The Bertz CT molecular complexity index is 992. The summed E-state index contributed by atoms with van der Waals surface area (Å²) in [7, 11) is 1.70. The van der Waals surface area contributed by atoms with Gasteiger partial charge >= 0.3 is 0 Å². The smallest absolute Gasteiger partial charge is 0.161 e. The van der Waals surface area contributed by atoms with E-state index in [1.165, 1.54) is 16.6 Å². The molecule has 1 saturated heterocycles. The van der Waals surface area contributed by atoms with Gasteiger partial charge in [-0.1, -0.05) is 38.1 Å². The van der Waals surface area contributed by atoms with Gasteiger partial charge in [-0.15, -0.1) is 0 Å². The number of methoxy groups -OCH3 is 1. The highest BCUT2D eigenvalue weighted by molar-refractivity contribution is 5.90. The summed E-state index contributed by atoms with van der Waals surface area (Å²) in [6, 6.07) is 17.2. The van der Waals surface area contributed by atoms with Gasteiger partial charge in [0.1, 0.15) is 0 Å². The number of benzene rings is 2. The third-order valence-corrected chi connectivity index (χ3v) is 5.80. The van der Waals surface area contributed by atoms with Crippen molar-refractivity contribution in [2.75, 3.05) is 32.1 Å². The number of aromatic nitrogens is 1. The van der Waals surface area contributed by atoms with Crippen LogP contribution in [0, 0.1) is 5.92 Å². The van der Waals surface area contributed by atoms with Gasteiger partial charge in [0.05, 0.1) is 19.2 Å². The summed E-state index contributed by atoms with van der Waals surface area (Å²) in [4.78, 5) is 6.99. The standard InChI is InChI=1S/C26H33N3O2/c1-19(2)18-31-26-16-20(8-9-25(26)30-3)17-29-14-11-21(12-15-29)28-24-10-13-27-23-7-5-4-6-22(23)24/h4-10,13,16,19,21H,11-12,14-15,17-18H2,1-3H3,(H,27,28). The molecule has 2 aromatic carbocycles. The first-order chi connectivity index (χ1) is 15.1. The lowest BCUT2D eigenvalue weighted by atomic mass is 10.0. The van der Waals surface area contributed by atoms with Gasteiger partial charge in [0.25, 0.3) is 0 Å². The van der Waals surface area contributed by atoms with Gasteiger partial charge in [-0.3, -0.25) is 9.88 Å². The Balaban J connectivity index is 1.34. The largest absolute Gasteiger partial charge is 0.493 e. The number of rotatable bonds is 8. The third kappa shape index (κ3) is 5.47. The van der Waals surface area contributed by atoms with Crippen LogP contribution >= 0.6 is 0 Å². The maximum Gasteiger partial charge on any atom is 0.161 e. The van der Waals surface area contributed by atoms with Crippen molar-refractivity contribution in [2.45, 2.75) is 39.3 Å². The number of nitrogens with one attached hydrogen (secondary N) is 1. The molecule has 164 valence electrons. The molecule has 0 bridgehead atoms. The predicted octanol–water partition coefficient (Wildman–Crippen LogP) is 5.35. The van der Waals surface area contributed by atoms with Crippen LogP contribution in [0.1, 0.15) is 32.3 Å². The second kappa shape index (κ2) is 10.0. The number of para-hydroxylation sites is 1. The van der Waals surface area contributed by atoms with Crippen molar-refractivity contribution in [3.05, 3.63) is 60.3 Å². The van der Waals surface area contributed by atoms with E-state index >= 15 is 0 Å². The van der Waals surface area contributed by atoms with Gasteiger partial charge in [0.2, 0.25) is 0 Å². The number of ether oxygens (including phenoxy) is 2. The minimum atomic E-state index is 0.484. The number of piperidine rings is 1. The molecular weight excluding hydrogens is 386 g/mol. The molecule has 0 unspecified atom stereocenters. The summed E-state index contributed by atoms with van der Waals surface area (Å²) in [6.45, 7) is 8.10. The highest BCUT2D eigenvalue weighted by Gasteiger charge is 2.20. The number of hydrogen-bond donors (Lipinski definition) is 1. The van der Waals surface area contributed by atoms with Crippen molar-refractivity contribution in [1.82, 2.24) is 9.88 Å². The maximum atomic E-state index is 5.98. The molecule has 0 aliphatic carbocycles. The minimum Gasteiger partial charge on any atom is -0.493 e. The number of nitrogens with zero attached hydrogens (tertiary/aromatic N) is 2. The molecule has 5 nitrogen and oxygen atoms in total. The Morgan fingerprint density at radius 2 is 1.87 bits per heavy atom. The molecule has 1 aromatic heterocycles. The molecule has 2 heterocycles. The molecule has 1 N–H and O–H groups in total.